The van der Waals surface area contributed by atoms with Gasteiger partial charge in [0.15, 0.2) is 0 Å². The van der Waals surface area contributed by atoms with Gasteiger partial charge in [-0.25, -0.2) is 0 Å². The van der Waals surface area contributed by atoms with Crippen LogP contribution >= 0.6 is 0 Å². The maximum Gasteiger partial charge on any atom is 0.458 e. The number of hydrogen-bond acceptors (Lipinski definition) is 3. The monoisotopic (exact) mass is 275 g/mol. The molecule has 0 aromatic heterocycles. The molecule has 3 nitrogen and oxygen atoms in total. The van der Waals surface area contributed by atoms with Crippen molar-refractivity contribution in [3.63, 3.8) is 0 Å². The average molecular weight is 275 g/mol. The summed E-state index contributed by atoms with van der Waals surface area (Å²) in [5.41, 5.74) is 2.09. The van der Waals surface area contributed by atoms with E-state index in [2.05, 4.69) is 71.0 Å². The van der Waals surface area contributed by atoms with Crippen LogP contribution in [0.25, 0.3) is 0 Å². The average Bonchev–Trinajstić information content (AvgIpc) is 2.56. The highest BCUT2D eigenvalue weighted by Gasteiger charge is 2.50. The molecule has 1 aliphatic rings. The van der Waals surface area contributed by atoms with Crippen LogP contribution in [0.15, 0.2) is 24.3 Å². The Kier molecular flexibility index (Phi) is 4.17. The van der Waals surface area contributed by atoms with E-state index in [4.69, 9.17) is 9.31 Å². The SMILES string of the molecule is CN(C)c1ccc(CCB2OC(C)(C)C(C)(C)O2)cc1. The second-order valence-electron chi connectivity index (χ2n) is 6.79. The Bertz CT molecular complexity index is 438. The van der Waals surface area contributed by atoms with Crippen LogP contribution in [0, 0.1) is 0 Å². The first kappa shape index (κ1) is 15.4. The summed E-state index contributed by atoms with van der Waals surface area (Å²) in [6, 6.07) is 8.67. The molecule has 1 aromatic rings. The molecule has 0 aliphatic carbocycles. The van der Waals surface area contributed by atoms with E-state index in [1.165, 1.54) is 11.3 Å². The highest BCUT2D eigenvalue weighted by molar-refractivity contribution is 6.45. The fraction of sp³-hybridized carbons (Fsp3) is 0.625. The third-order valence-corrected chi connectivity index (χ3v) is 4.42. The molecule has 1 aliphatic heterocycles. The van der Waals surface area contributed by atoms with Crippen molar-refractivity contribution in [3.05, 3.63) is 29.8 Å². The van der Waals surface area contributed by atoms with Crippen LogP contribution in [0.4, 0.5) is 5.69 Å². The van der Waals surface area contributed by atoms with E-state index in [0.29, 0.717) is 0 Å². The molecule has 0 radical (unpaired) electrons. The lowest BCUT2D eigenvalue weighted by atomic mass is 9.81. The van der Waals surface area contributed by atoms with Crippen LogP contribution in [-0.4, -0.2) is 32.4 Å². The van der Waals surface area contributed by atoms with Gasteiger partial charge >= 0.3 is 7.12 Å². The lowest BCUT2D eigenvalue weighted by molar-refractivity contribution is 0.00578. The summed E-state index contributed by atoms with van der Waals surface area (Å²) >= 11 is 0. The van der Waals surface area contributed by atoms with Gasteiger partial charge in [0, 0.05) is 19.8 Å². The first-order chi connectivity index (χ1) is 9.21. The van der Waals surface area contributed by atoms with Crippen LogP contribution in [0.3, 0.4) is 0 Å². The molecule has 0 spiro atoms. The number of nitrogens with zero attached hydrogens (tertiary/aromatic N) is 1. The molecule has 0 amide bonds. The predicted octanol–water partition coefficient (Wildman–Crippen LogP) is 3.39. The molecule has 2 rings (SSSR count). The quantitative estimate of drug-likeness (QED) is 0.786. The lowest BCUT2D eigenvalue weighted by Gasteiger charge is -2.32. The minimum atomic E-state index is -0.230. The van der Waals surface area contributed by atoms with E-state index in [9.17, 15) is 0 Å². The maximum atomic E-state index is 6.02. The van der Waals surface area contributed by atoms with Gasteiger partial charge < -0.3 is 14.2 Å². The molecular weight excluding hydrogens is 249 g/mol. The molecule has 110 valence electrons. The van der Waals surface area contributed by atoms with Gasteiger partial charge in [0.1, 0.15) is 0 Å². The number of benzene rings is 1. The summed E-state index contributed by atoms with van der Waals surface area (Å²) in [6.07, 6.45) is 1.87. The van der Waals surface area contributed by atoms with E-state index < -0.39 is 0 Å². The van der Waals surface area contributed by atoms with Gasteiger partial charge in [-0.2, -0.15) is 0 Å². The lowest BCUT2D eigenvalue weighted by Crippen LogP contribution is -2.41. The molecule has 0 bridgehead atoms. The molecule has 1 fully saturated rings. The van der Waals surface area contributed by atoms with Gasteiger partial charge in [0.05, 0.1) is 11.2 Å². The molecule has 4 heteroatoms. The van der Waals surface area contributed by atoms with Crippen LogP contribution in [0.2, 0.25) is 6.32 Å². The largest absolute Gasteiger partial charge is 0.458 e. The minimum Gasteiger partial charge on any atom is -0.403 e. The summed E-state index contributed by atoms with van der Waals surface area (Å²) in [7, 11) is 4.01. The zero-order valence-corrected chi connectivity index (χ0v) is 13.6. The number of aryl methyl sites for hydroxylation is 1. The molecule has 20 heavy (non-hydrogen) atoms. The molecule has 1 saturated heterocycles. The van der Waals surface area contributed by atoms with E-state index >= 15 is 0 Å². The first-order valence-electron chi connectivity index (χ1n) is 7.33. The molecule has 0 saturated carbocycles. The van der Waals surface area contributed by atoms with Gasteiger partial charge in [0.25, 0.3) is 0 Å². The Morgan fingerprint density at radius 1 is 0.950 bits per heavy atom. The van der Waals surface area contributed by atoms with Gasteiger partial charge in [-0.1, -0.05) is 12.1 Å². The zero-order valence-electron chi connectivity index (χ0n) is 13.6. The van der Waals surface area contributed by atoms with E-state index in [1.54, 1.807) is 0 Å². The van der Waals surface area contributed by atoms with Gasteiger partial charge in [0.2, 0.25) is 0 Å². The van der Waals surface area contributed by atoms with Crippen molar-refractivity contribution in [2.45, 2.75) is 51.6 Å². The molecule has 1 heterocycles. The van der Waals surface area contributed by atoms with Gasteiger partial charge in [-0.05, 0) is 58.1 Å². The van der Waals surface area contributed by atoms with E-state index in [0.717, 1.165) is 12.7 Å². The molecule has 0 N–H and O–H groups in total. The Morgan fingerprint density at radius 2 is 1.45 bits per heavy atom. The Labute approximate surface area is 123 Å². The fourth-order valence-electron chi connectivity index (χ4n) is 2.33. The number of anilines is 1. The van der Waals surface area contributed by atoms with Crippen molar-refractivity contribution in [1.29, 1.82) is 0 Å². The van der Waals surface area contributed by atoms with Crippen LogP contribution in [0.5, 0.6) is 0 Å². The second-order valence-corrected chi connectivity index (χ2v) is 6.79. The van der Waals surface area contributed by atoms with Crippen molar-refractivity contribution in [1.82, 2.24) is 0 Å². The summed E-state index contributed by atoms with van der Waals surface area (Å²) in [5.74, 6) is 0. The summed E-state index contributed by atoms with van der Waals surface area (Å²) < 4.78 is 12.0. The van der Waals surface area contributed by atoms with Crippen LogP contribution < -0.4 is 4.90 Å². The molecule has 0 unspecified atom stereocenters. The van der Waals surface area contributed by atoms with E-state index in [-0.39, 0.29) is 18.3 Å². The highest BCUT2D eigenvalue weighted by atomic mass is 16.7. The summed E-state index contributed by atoms with van der Waals surface area (Å²) in [4.78, 5) is 2.11. The van der Waals surface area contributed by atoms with E-state index in [1.807, 2.05) is 0 Å². The van der Waals surface area contributed by atoms with Crippen molar-refractivity contribution in [3.8, 4) is 0 Å². The Morgan fingerprint density at radius 3 is 1.90 bits per heavy atom. The number of hydrogen-bond donors (Lipinski definition) is 0. The molecule has 0 atom stereocenters. The minimum absolute atomic E-state index is 0.103. The Hall–Kier alpha value is -0.995. The first-order valence-corrected chi connectivity index (χ1v) is 7.33. The maximum absolute atomic E-state index is 6.02. The van der Waals surface area contributed by atoms with Crippen LogP contribution in [0.1, 0.15) is 33.3 Å². The standard InChI is InChI=1S/C16H26BNO2/c1-15(2)16(3,4)20-17(19-15)12-11-13-7-9-14(10-8-13)18(5)6/h7-10H,11-12H2,1-6H3. The van der Waals surface area contributed by atoms with Gasteiger partial charge in [-0.15, -0.1) is 0 Å². The highest BCUT2D eigenvalue weighted by Crippen LogP contribution is 2.37. The van der Waals surface area contributed by atoms with Crippen LogP contribution in [-0.2, 0) is 15.7 Å². The van der Waals surface area contributed by atoms with Crippen molar-refractivity contribution in [2.24, 2.45) is 0 Å². The van der Waals surface area contributed by atoms with Crippen molar-refractivity contribution in [2.75, 3.05) is 19.0 Å². The smallest absolute Gasteiger partial charge is 0.403 e. The number of rotatable bonds is 4. The van der Waals surface area contributed by atoms with Crippen molar-refractivity contribution >= 4 is 12.8 Å². The Balaban J connectivity index is 1.90. The van der Waals surface area contributed by atoms with Gasteiger partial charge in [-0.3, -0.25) is 0 Å². The third-order valence-electron chi connectivity index (χ3n) is 4.42. The summed E-state index contributed by atoms with van der Waals surface area (Å²) in [6.45, 7) is 8.38. The zero-order chi connectivity index (χ0) is 15.0. The topological polar surface area (TPSA) is 21.7 Å². The normalized spacial score (nSPS) is 20.2. The second kappa shape index (κ2) is 5.42. The molecule has 1 aromatic carbocycles. The fourth-order valence-corrected chi connectivity index (χ4v) is 2.33. The predicted molar refractivity (Wildman–Crippen MR) is 85.4 cm³/mol. The van der Waals surface area contributed by atoms with Crippen molar-refractivity contribution < 1.29 is 9.31 Å². The summed E-state index contributed by atoms with van der Waals surface area (Å²) in [5, 5.41) is 0. The molecular formula is C16H26BNO2. The third kappa shape index (κ3) is 3.18.